The van der Waals surface area contributed by atoms with E-state index in [1.165, 1.54) is 0 Å². The number of amides is 1. The number of carbonyl (C=O) groups is 1. The van der Waals surface area contributed by atoms with Gasteiger partial charge in [-0.05, 0) is 0 Å². The zero-order valence-electron chi connectivity index (χ0n) is 4.93. The van der Waals surface area contributed by atoms with Crippen molar-refractivity contribution in [3.63, 3.8) is 0 Å². The third-order valence-electron chi connectivity index (χ3n) is 1.51. The van der Waals surface area contributed by atoms with E-state index >= 15 is 0 Å². The molecule has 2 unspecified atom stereocenters. The Morgan fingerprint density at radius 2 is 2.33 bits per heavy atom. The Bertz CT molecular complexity index is 128. The monoisotopic (exact) mass is 132 g/mol. The fourth-order valence-corrected chi connectivity index (χ4v) is 0.926. The molecule has 2 atom stereocenters. The number of rotatable bonds is 1. The van der Waals surface area contributed by atoms with Crippen LogP contribution in [0.3, 0.4) is 0 Å². The van der Waals surface area contributed by atoms with Gasteiger partial charge in [-0.15, -0.1) is 0 Å². The lowest BCUT2D eigenvalue weighted by molar-refractivity contribution is -0.122. The van der Waals surface area contributed by atoms with Crippen molar-refractivity contribution in [2.45, 2.75) is 6.17 Å². The number of carbonyl (C=O) groups excluding carboxylic acids is 1. The summed E-state index contributed by atoms with van der Waals surface area (Å²) in [7, 11) is 0. The van der Waals surface area contributed by atoms with Gasteiger partial charge in [0.05, 0.1) is 5.92 Å². The van der Waals surface area contributed by atoms with Crippen molar-refractivity contribution in [2.24, 2.45) is 11.7 Å². The Morgan fingerprint density at radius 1 is 1.67 bits per heavy atom. The van der Waals surface area contributed by atoms with Gasteiger partial charge in [0.15, 0.2) is 0 Å². The normalized spacial score (nSPS) is 34.8. The minimum absolute atomic E-state index is 0.258. The minimum Gasteiger partial charge on any atom is -0.369 e. The van der Waals surface area contributed by atoms with E-state index in [2.05, 4.69) is 5.32 Å². The van der Waals surface area contributed by atoms with Crippen LogP contribution in [0.2, 0.25) is 0 Å². The predicted molar refractivity (Wildman–Crippen MR) is 30.5 cm³/mol. The maximum absolute atomic E-state index is 12.5. The minimum atomic E-state index is -1.08. The molecule has 1 aliphatic rings. The van der Waals surface area contributed by atoms with Crippen molar-refractivity contribution in [3.8, 4) is 0 Å². The van der Waals surface area contributed by atoms with E-state index in [9.17, 15) is 9.18 Å². The van der Waals surface area contributed by atoms with Crippen molar-refractivity contribution in [1.29, 1.82) is 0 Å². The lowest BCUT2D eigenvalue weighted by atomic mass is 10.1. The summed E-state index contributed by atoms with van der Waals surface area (Å²) in [6, 6.07) is 0. The molecule has 0 bridgehead atoms. The quantitative estimate of drug-likeness (QED) is 0.482. The Labute approximate surface area is 52.4 Å². The van der Waals surface area contributed by atoms with Crippen LogP contribution in [0.5, 0.6) is 0 Å². The van der Waals surface area contributed by atoms with Crippen molar-refractivity contribution in [3.05, 3.63) is 0 Å². The highest BCUT2D eigenvalue weighted by molar-refractivity contribution is 5.77. The van der Waals surface area contributed by atoms with Gasteiger partial charge in [0, 0.05) is 13.1 Å². The molecule has 52 valence electrons. The Balaban J connectivity index is 2.49. The Hall–Kier alpha value is -0.640. The zero-order chi connectivity index (χ0) is 6.85. The second-order valence-corrected chi connectivity index (χ2v) is 2.18. The van der Waals surface area contributed by atoms with Crippen molar-refractivity contribution in [2.75, 3.05) is 13.1 Å². The average Bonchev–Trinajstić information content (AvgIpc) is 2.13. The first-order valence-corrected chi connectivity index (χ1v) is 2.86. The van der Waals surface area contributed by atoms with Gasteiger partial charge in [0.25, 0.3) is 0 Å². The van der Waals surface area contributed by atoms with E-state index in [-0.39, 0.29) is 6.54 Å². The molecule has 0 aromatic rings. The number of hydrogen-bond acceptors (Lipinski definition) is 2. The highest BCUT2D eigenvalue weighted by Crippen LogP contribution is 2.10. The van der Waals surface area contributed by atoms with Crippen LogP contribution in [-0.2, 0) is 4.79 Å². The first-order chi connectivity index (χ1) is 4.22. The van der Waals surface area contributed by atoms with E-state index in [1.54, 1.807) is 0 Å². The molecule has 4 heteroatoms. The zero-order valence-corrected chi connectivity index (χ0v) is 4.93. The first kappa shape index (κ1) is 6.48. The number of primary amides is 1. The van der Waals surface area contributed by atoms with E-state index in [0.29, 0.717) is 6.54 Å². The molecule has 0 aliphatic carbocycles. The molecule has 0 aromatic heterocycles. The standard InChI is InChI=1S/C5H9FN2O/c6-4-2-8-1-3(4)5(7)9/h3-4,8H,1-2H2,(H2,7,9). The van der Waals surface area contributed by atoms with Crippen LogP contribution < -0.4 is 11.1 Å². The number of hydrogen-bond donors (Lipinski definition) is 2. The molecule has 3 nitrogen and oxygen atoms in total. The second-order valence-electron chi connectivity index (χ2n) is 2.18. The second kappa shape index (κ2) is 2.31. The topological polar surface area (TPSA) is 55.1 Å². The van der Waals surface area contributed by atoms with Gasteiger partial charge in [-0.1, -0.05) is 0 Å². The summed E-state index contributed by atoms with van der Waals surface area (Å²) in [5.74, 6) is -1.16. The van der Waals surface area contributed by atoms with Gasteiger partial charge < -0.3 is 11.1 Å². The lowest BCUT2D eigenvalue weighted by Crippen LogP contribution is -2.30. The van der Waals surface area contributed by atoms with Crippen molar-refractivity contribution in [1.82, 2.24) is 5.32 Å². The largest absolute Gasteiger partial charge is 0.369 e. The maximum Gasteiger partial charge on any atom is 0.224 e. The van der Waals surface area contributed by atoms with Crippen molar-refractivity contribution >= 4 is 5.91 Å². The summed E-state index contributed by atoms with van der Waals surface area (Å²) >= 11 is 0. The maximum atomic E-state index is 12.5. The summed E-state index contributed by atoms with van der Waals surface area (Å²) in [4.78, 5) is 10.4. The highest BCUT2D eigenvalue weighted by atomic mass is 19.1. The summed E-state index contributed by atoms with van der Waals surface area (Å²) in [6.45, 7) is 0.643. The van der Waals surface area contributed by atoms with Crippen LogP contribution in [0, 0.1) is 5.92 Å². The molecule has 0 spiro atoms. The van der Waals surface area contributed by atoms with E-state index in [1.807, 2.05) is 0 Å². The van der Waals surface area contributed by atoms with Crippen LogP contribution in [0.15, 0.2) is 0 Å². The summed E-state index contributed by atoms with van der Waals surface area (Å²) in [5.41, 5.74) is 4.87. The SMILES string of the molecule is NC(=O)C1CNCC1F. The molecule has 1 rings (SSSR count). The van der Waals surface area contributed by atoms with Gasteiger partial charge in [-0.25, -0.2) is 4.39 Å². The predicted octanol–water partition coefficient (Wildman–Crippen LogP) is -0.971. The van der Waals surface area contributed by atoms with E-state index in [0.717, 1.165) is 0 Å². The molecule has 9 heavy (non-hydrogen) atoms. The molecular weight excluding hydrogens is 123 g/mol. The molecule has 0 saturated carbocycles. The molecule has 1 saturated heterocycles. The Kier molecular flexibility index (Phi) is 1.66. The molecule has 3 N–H and O–H groups in total. The smallest absolute Gasteiger partial charge is 0.224 e. The van der Waals surface area contributed by atoms with Gasteiger partial charge in [0.1, 0.15) is 6.17 Å². The Morgan fingerprint density at radius 3 is 2.56 bits per heavy atom. The van der Waals surface area contributed by atoms with Crippen LogP contribution in [0.4, 0.5) is 4.39 Å². The molecule has 1 amide bonds. The third-order valence-corrected chi connectivity index (χ3v) is 1.51. The van der Waals surface area contributed by atoms with Crippen molar-refractivity contribution < 1.29 is 9.18 Å². The van der Waals surface area contributed by atoms with Gasteiger partial charge in [-0.3, -0.25) is 4.79 Å². The van der Waals surface area contributed by atoms with Gasteiger partial charge in [-0.2, -0.15) is 0 Å². The summed E-state index contributed by atoms with van der Waals surface area (Å²) in [6.07, 6.45) is -1.08. The molecular formula is C5H9FN2O. The van der Waals surface area contributed by atoms with Crippen LogP contribution in [0.1, 0.15) is 0 Å². The van der Waals surface area contributed by atoms with Crippen LogP contribution in [0.25, 0.3) is 0 Å². The van der Waals surface area contributed by atoms with E-state index in [4.69, 9.17) is 5.73 Å². The summed E-state index contributed by atoms with van der Waals surface area (Å²) < 4.78 is 12.5. The fraction of sp³-hybridized carbons (Fsp3) is 0.800. The number of nitrogens with one attached hydrogen (secondary N) is 1. The fourth-order valence-electron chi connectivity index (χ4n) is 0.926. The third kappa shape index (κ3) is 1.18. The summed E-state index contributed by atoms with van der Waals surface area (Å²) in [5, 5.41) is 2.73. The van der Waals surface area contributed by atoms with Crippen LogP contribution >= 0.6 is 0 Å². The number of alkyl halides is 1. The van der Waals surface area contributed by atoms with Gasteiger partial charge >= 0.3 is 0 Å². The molecule has 1 heterocycles. The number of halogens is 1. The molecule has 0 aromatic carbocycles. The number of nitrogens with two attached hydrogens (primary N) is 1. The lowest BCUT2D eigenvalue weighted by Gasteiger charge is -2.03. The molecule has 0 radical (unpaired) electrons. The highest BCUT2D eigenvalue weighted by Gasteiger charge is 2.30. The van der Waals surface area contributed by atoms with Crippen LogP contribution in [-0.4, -0.2) is 25.2 Å². The first-order valence-electron chi connectivity index (χ1n) is 2.86. The average molecular weight is 132 g/mol. The molecule has 1 fully saturated rings. The van der Waals surface area contributed by atoms with E-state index < -0.39 is 18.0 Å². The molecule has 1 aliphatic heterocycles. The van der Waals surface area contributed by atoms with Gasteiger partial charge in [0.2, 0.25) is 5.91 Å².